The lowest BCUT2D eigenvalue weighted by molar-refractivity contribution is 0.278. The van der Waals surface area contributed by atoms with Crippen LogP contribution in [0.1, 0.15) is 24.6 Å². The van der Waals surface area contributed by atoms with Gasteiger partial charge in [0.15, 0.2) is 5.82 Å². The molecule has 0 unspecified atom stereocenters. The summed E-state index contributed by atoms with van der Waals surface area (Å²) in [5.41, 5.74) is 5.40. The number of likely N-dealkylation sites (N-methyl/N-ethyl adjacent to an activating group) is 1. The quantitative estimate of drug-likeness (QED) is 0.746. The molecular weight excluding hydrogens is 180 g/mol. The predicted molar refractivity (Wildman–Crippen MR) is 51.5 cm³/mol. The van der Waals surface area contributed by atoms with Gasteiger partial charge < -0.3 is 15.2 Å². The standard InChI is InChI=1S/C9H16N4O/c1-13-4-2-3-7(13)5-9-11-8(6-10)12-14-9/h7H,2-6,10H2,1H3/t7-/m0/s1. The first-order valence-electron chi connectivity index (χ1n) is 5.01. The van der Waals surface area contributed by atoms with Gasteiger partial charge >= 0.3 is 0 Å². The Kier molecular flexibility index (Phi) is 2.79. The number of aromatic nitrogens is 2. The first-order valence-corrected chi connectivity index (χ1v) is 5.01. The second-order valence-electron chi connectivity index (χ2n) is 3.79. The van der Waals surface area contributed by atoms with E-state index < -0.39 is 0 Å². The number of hydrogen-bond donors (Lipinski definition) is 1. The molecule has 0 aliphatic carbocycles. The fourth-order valence-electron chi connectivity index (χ4n) is 1.89. The van der Waals surface area contributed by atoms with E-state index in [2.05, 4.69) is 22.1 Å². The van der Waals surface area contributed by atoms with Crippen LogP contribution in [0.25, 0.3) is 0 Å². The summed E-state index contributed by atoms with van der Waals surface area (Å²) in [6.07, 6.45) is 3.33. The molecule has 1 aromatic heterocycles. The summed E-state index contributed by atoms with van der Waals surface area (Å²) in [5, 5.41) is 3.77. The number of nitrogens with two attached hydrogens (primary N) is 1. The topological polar surface area (TPSA) is 68.2 Å². The van der Waals surface area contributed by atoms with Gasteiger partial charge in [-0.2, -0.15) is 4.98 Å². The molecule has 1 fully saturated rings. The maximum atomic E-state index is 5.40. The first kappa shape index (κ1) is 9.61. The van der Waals surface area contributed by atoms with Crippen molar-refractivity contribution in [3.05, 3.63) is 11.7 Å². The highest BCUT2D eigenvalue weighted by molar-refractivity contribution is 4.91. The highest BCUT2D eigenvalue weighted by atomic mass is 16.5. The molecule has 1 aliphatic heterocycles. The van der Waals surface area contributed by atoms with Gasteiger partial charge in [-0.05, 0) is 26.4 Å². The molecule has 1 atom stereocenters. The number of rotatable bonds is 3. The van der Waals surface area contributed by atoms with E-state index in [4.69, 9.17) is 10.3 Å². The van der Waals surface area contributed by atoms with Gasteiger partial charge in [0, 0.05) is 12.5 Å². The number of hydrogen-bond acceptors (Lipinski definition) is 5. The maximum absolute atomic E-state index is 5.40. The molecule has 78 valence electrons. The minimum atomic E-state index is 0.351. The van der Waals surface area contributed by atoms with Crippen LogP contribution in [0.3, 0.4) is 0 Å². The van der Waals surface area contributed by atoms with E-state index in [0.29, 0.717) is 24.3 Å². The molecule has 0 amide bonds. The first-order chi connectivity index (χ1) is 6.79. The molecule has 0 radical (unpaired) electrons. The Balaban J connectivity index is 1.96. The maximum Gasteiger partial charge on any atom is 0.228 e. The summed E-state index contributed by atoms with van der Waals surface area (Å²) >= 11 is 0. The van der Waals surface area contributed by atoms with E-state index in [-0.39, 0.29) is 0 Å². The van der Waals surface area contributed by atoms with Crippen LogP contribution in [0.4, 0.5) is 0 Å². The summed E-state index contributed by atoms with van der Waals surface area (Å²) in [7, 11) is 2.14. The molecule has 0 saturated carbocycles. The van der Waals surface area contributed by atoms with Crippen molar-refractivity contribution in [2.45, 2.75) is 31.8 Å². The van der Waals surface area contributed by atoms with Gasteiger partial charge in [0.05, 0.1) is 6.54 Å². The molecule has 1 aliphatic rings. The van der Waals surface area contributed by atoms with Crippen LogP contribution in [-0.4, -0.2) is 34.7 Å². The van der Waals surface area contributed by atoms with E-state index in [1.165, 1.54) is 19.4 Å². The van der Waals surface area contributed by atoms with Gasteiger partial charge in [0.25, 0.3) is 0 Å². The molecule has 14 heavy (non-hydrogen) atoms. The van der Waals surface area contributed by atoms with E-state index in [1.54, 1.807) is 0 Å². The normalized spacial score (nSPS) is 23.1. The average molecular weight is 196 g/mol. The Morgan fingerprint density at radius 3 is 3.07 bits per heavy atom. The molecule has 5 heteroatoms. The highest BCUT2D eigenvalue weighted by Gasteiger charge is 2.23. The molecule has 5 nitrogen and oxygen atoms in total. The fourth-order valence-corrected chi connectivity index (χ4v) is 1.89. The van der Waals surface area contributed by atoms with Crippen LogP contribution < -0.4 is 5.73 Å². The Hall–Kier alpha value is -0.940. The Morgan fingerprint density at radius 2 is 2.50 bits per heavy atom. The third kappa shape index (κ3) is 1.93. The number of likely N-dealkylation sites (tertiary alicyclic amines) is 1. The lowest BCUT2D eigenvalue weighted by Crippen LogP contribution is -2.26. The van der Waals surface area contributed by atoms with E-state index >= 15 is 0 Å². The van der Waals surface area contributed by atoms with Crippen LogP contribution in [0.2, 0.25) is 0 Å². The average Bonchev–Trinajstić information content (AvgIpc) is 2.77. The zero-order valence-corrected chi connectivity index (χ0v) is 8.44. The molecule has 1 saturated heterocycles. The van der Waals surface area contributed by atoms with Crippen molar-refractivity contribution in [3.63, 3.8) is 0 Å². The smallest absolute Gasteiger partial charge is 0.228 e. The van der Waals surface area contributed by atoms with Crippen molar-refractivity contribution in [2.75, 3.05) is 13.6 Å². The van der Waals surface area contributed by atoms with Crippen molar-refractivity contribution in [1.82, 2.24) is 15.0 Å². The summed E-state index contributed by atoms with van der Waals surface area (Å²) in [6, 6.07) is 0.557. The molecule has 0 bridgehead atoms. The minimum Gasteiger partial charge on any atom is -0.339 e. The second-order valence-corrected chi connectivity index (χ2v) is 3.79. The minimum absolute atomic E-state index is 0.351. The largest absolute Gasteiger partial charge is 0.339 e. The van der Waals surface area contributed by atoms with Crippen molar-refractivity contribution in [3.8, 4) is 0 Å². The van der Waals surface area contributed by atoms with Gasteiger partial charge in [-0.25, -0.2) is 0 Å². The summed E-state index contributed by atoms with van der Waals surface area (Å²) in [6.45, 7) is 1.52. The van der Waals surface area contributed by atoms with Crippen LogP contribution >= 0.6 is 0 Å². The van der Waals surface area contributed by atoms with Crippen molar-refractivity contribution < 1.29 is 4.52 Å². The van der Waals surface area contributed by atoms with Gasteiger partial charge in [0.1, 0.15) is 0 Å². The van der Waals surface area contributed by atoms with Crippen molar-refractivity contribution in [2.24, 2.45) is 5.73 Å². The zero-order chi connectivity index (χ0) is 9.97. The predicted octanol–water partition coefficient (Wildman–Crippen LogP) is 0.165. The lowest BCUT2D eigenvalue weighted by Gasteiger charge is -2.16. The van der Waals surface area contributed by atoms with E-state index in [1.807, 2.05) is 0 Å². The van der Waals surface area contributed by atoms with E-state index in [9.17, 15) is 0 Å². The van der Waals surface area contributed by atoms with Gasteiger partial charge in [-0.3, -0.25) is 0 Å². The zero-order valence-electron chi connectivity index (χ0n) is 8.44. The summed E-state index contributed by atoms with van der Waals surface area (Å²) in [4.78, 5) is 6.54. The second kappa shape index (κ2) is 4.06. The Bertz CT molecular complexity index is 299. The van der Waals surface area contributed by atoms with E-state index in [0.717, 1.165) is 6.42 Å². The third-order valence-corrected chi connectivity index (χ3v) is 2.77. The van der Waals surface area contributed by atoms with Crippen molar-refractivity contribution >= 4 is 0 Å². The van der Waals surface area contributed by atoms with Crippen LogP contribution in [0.5, 0.6) is 0 Å². The Morgan fingerprint density at radius 1 is 1.64 bits per heavy atom. The van der Waals surface area contributed by atoms with Gasteiger partial charge in [-0.1, -0.05) is 5.16 Å². The van der Waals surface area contributed by atoms with Gasteiger partial charge in [-0.15, -0.1) is 0 Å². The molecule has 0 aromatic carbocycles. The highest BCUT2D eigenvalue weighted by Crippen LogP contribution is 2.18. The Labute approximate surface area is 83.3 Å². The molecular formula is C9H16N4O. The third-order valence-electron chi connectivity index (χ3n) is 2.77. The van der Waals surface area contributed by atoms with Crippen LogP contribution in [-0.2, 0) is 13.0 Å². The molecule has 2 heterocycles. The van der Waals surface area contributed by atoms with Crippen LogP contribution in [0.15, 0.2) is 4.52 Å². The lowest BCUT2D eigenvalue weighted by atomic mass is 10.1. The molecule has 2 N–H and O–H groups in total. The molecule has 0 spiro atoms. The SMILES string of the molecule is CN1CCC[C@H]1Cc1nc(CN)no1. The fraction of sp³-hybridized carbons (Fsp3) is 0.778. The molecule has 2 rings (SSSR count). The molecule has 1 aromatic rings. The summed E-state index contributed by atoms with van der Waals surface area (Å²) in [5.74, 6) is 1.31. The van der Waals surface area contributed by atoms with Crippen LogP contribution in [0, 0.1) is 0 Å². The van der Waals surface area contributed by atoms with Gasteiger partial charge in [0.2, 0.25) is 5.89 Å². The number of nitrogens with zero attached hydrogens (tertiary/aromatic N) is 3. The summed E-state index contributed by atoms with van der Waals surface area (Å²) < 4.78 is 5.10. The monoisotopic (exact) mass is 196 g/mol. The van der Waals surface area contributed by atoms with Crippen molar-refractivity contribution in [1.29, 1.82) is 0 Å².